The Hall–Kier alpha value is -1.12. The van der Waals surface area contributed by atoms with E-state index in [1.807, 2.05) is 6.08 Å². The molecule has 0 aromatic carbocycles. The summed E-state index contributed by atoms with van der Waals surface area (Å²) in [7, 11) is 0. The van der Waals surface area contributed by atoms with Gasteiger partial charge in [0, 0.05) is 0 Å². The Kier molecular flexibility index (Phi) is 2.83. The summed E-state index contributed by atoms with van der Waals surface area (Å²) in [5.74, 6) is 0. The fourth-order valence-corrected chi connectivity index (χ4v) is 0.884. The predicted octanol–water partition coefficient (Wildman–Crippen LogP) is 1.79. The minimum Gasteiger partial charge on any atom is -0.197 e. The molecular formula is C8H13N3. The van der Waals surface area contributed by atoms with E-state index in [2.05, 4.69) is 35.3 Å². The summed E-state index contributed by atoms with van der Waals surface area (Å²) >= 11 is 0. The Bertz CT molecular complexity index is 237. The molecule has 0 aliphatic rings. The highest BCUT2D eigenvalue weighted by Gasteiger charge is 1.99. The molecule has 0 fully saturated rings. The first-order valence-corrected chi connectivity index (χ1v) is 3.94. The van der Waals surface area contributed by atoms with Crippen molar-refractivity contribution in [1.82, 2.24) is 15.4 Å². The van der Waals surface area contributed by atoms with Crippen LogP contribution in [0.1, 0.15) is 31.7 Å². The molecule has 60 valence electrons. The molecule has 3 heteroatoms. The number of rotatable bonds is 3. The Labute approximate surface area is 66.5 Å². The Morgan fingerprint density at radius 2 is 2.18 bits per heavy atom. The van der Waals surface area contributed by atoms with E-state index in [1.54, 1.807) is 0 Å². The summed E-state index contributed by atoms with van der Waals surface area (Å²) in [5.41, 5.74) is 2.00. The number of allylic oxidation sites excluding steroid dienone is 1. The first-order valence-electron chi connectivity index (χ1n) is 3.94. The van der Waals surface area contributed by atoms with Gasteiger partial charge in [0.05, 0.1) is 5.69 Å². The van der Waals surface area contributed by atoms with E-state index < -0.39 is 0 Å². The lowest BCUT2D eigenvalue weighted by Gasteiger charge is -1.87. The van der Waals surface area contributed by atoms with Gasteiger partial charge in [-0.3, -0.25) is 0 Å². The fraction of sp³-hybridized carbons (Fsp3) is 0.500. The molecule has 0 amide bonds. The molecule has 0 bridgehead atoms. The van der Waals surface area contributed by atoms with Gasteiger partial charge in [0.1, 0.15) is 5.69 Å². The summed E-state index contributed by atoms with van der Waals surface area (Å²) < 4.78 is 0. The van der Waals surface area contributed by atoms with E-state index in [9.17, 15) is 0 Å². The highest BCUT2D eigenvalue weighted by atomic mass is 15.3. The normalized spacial score (nSPS) is 11.1. The van der Waals surface area contributed by atoms with Crippen molar-refractivity contribution in [2.45, 2.75) is 26.7 Å². The molecule has 0 radical (unpaired) electrons. The van der Waals surface area contributed by atoms with Gasteiger partial charge in [0.2, 0.25) is 0 Å². The molecule has 0 atom stereocenters. The van der Waals surface area contributed by atoms with E-state index in [0.717, 1.165) is 24.2 Å². The lowest BCUT2D eigenvalue weighted by Crippen LogP contribution is -1.82. The summed E-state index contributed by atoms with van der Waals surface area (Å²) in [6.07, 6.45) is 6.05. The van der Waals surface area contributed by atoms with Gasteiger partial charge in [0.15, 0.2) is 0 Å². The number of aromatic nitrogens is 3. The molecule has 1 aromatic heterocycles. The van der Waals surface area contributed by atoms with Crippen LogP contribution in [0.5, 0.6) is 0 Å². The summed E-state index contributed by atoms with van der Waals surface area (Å²) in [6, 6.07) is 0. The molecule has 0 unspecified atom stereocenters. The molecule has 1 N–H and O–H groups in total. The third kappa shape index (κ3) is 1.90. The zero-order valence-corrected chi connectivity index (χ0v) is 6.96. The molecular weight excluding hydrogens is 138 g/mol. The van der Waals surface area contributed by atoms with Crippen LogP contribution < -0.4 is 0 Å². The van der Waals surface area contributed by atoms with Crippen molar-refractivity contribution in [3.05, 3.63) is 17.5 Å². The number of aromatic amines is 1. The third-order valence-electron chi connectivity index (χ3n) is 1.50. The smallest absolute Gasteiger partial charge is 0.108 e. The number of nitrogens with zero attached hydrogens (tertiary/aromatic N) is 2. The number of hydrogen-bond donors (Lipinski definition) is 1. The SMILES string of the molecule is CC/C=C\c1n[nH]nc1CC. The topological polar surface area (TPSA) is 41.6 Å². The number of hydrogen-bond acceptors (Lipinski definition) is 2. The first-order chi connectivity index (χ1) is 5.38. The van der Waals surface area contributed by atoms with Crippen LogP contribution in [0.15, 0.2) is 6.08 Å². The first kappa shape index (κ1) is 7.98. The van der Waals surface area contributed by atoms with E-state index in [1.165, 1.54) is 0 Å². The van der Waals surface area contributed by atoms with Crippen molar-refractivity contribution >= 4 is 6.08 Å². The van der Waals surface area contributed by atoms with Crippen molar-refractivity contribution in [3.63, 3.8) is 0 Å². The average molecular weight is 151 g/mol. The van der Waals surface area contributed by atoms with Gasteiger partial charge in [-0.1, -0.05) is 19.9 Å². The monoisotopic (exact) mass is 151 g/mol. The quantitative estimate of drug-likeness (QED) is 0.715. The predicted molar refractivity (Wildman–Crippen MR) is 45.1 cm³/mol. The largest absolute Gasteiger partial charge is 0.197 e. The molecule has 0 aliphatic carbocycles. The van der Waals surface area contributed by atoms with Crippen LogP contribution in [-0.2, 0) is 6.42 Å². The summed E-state index contributed by atoms with van der Waals surface area (Å²) in [4.78, 5) is 0. The van der Waals surface area contributed by atoms with E-state index >= 15 is 0 Å². The van der Waals surface area contributed by atoms with Gasteiger partial charge in [-0.25, -0.2) is 0 Å². The zero-order chi connectivity index (χ0) is 8.10. The molecule has 1 aromatic rings. The number of aryl methyl sites for hydroxylation is 1. The maximum absolute atomic E-state index is 4.00. The third-order valence-corrected chi connectivity index (χ3v) is 1.50. The van der Waals surface area contributed by atoms with E-state index in [-0.39, 0.29) is 0 Å². The molecule has 0 aliphatic heterocycles. The Morgan fingerprint density at radius 1 is 1.36 bits per heavy atom. The summed E-state index contributed by atoms with van der Waals surface area (Å²) in [6.45, 7) is 4.17. The average Bonchev–Trinajstić information content (AvgIpc) is 2.47. The van der Waals surface area contributed by atoms with Crippen molar-refractivity contribution in [2.75, 3.05) is 0 Å². The number of nitrogens with one attached hydrogen (secondary N) is 1. The van der Waals surface area contributed by atoms with Crippen molar-refractivity contribution < 1.29 is 0 Å². The van der Waals surface area contributed by atoms with Gasteiger partial charge in [-0.15, -0.1) is 0 Å². The van der Waals surface area contributed by atoms with Crippen molar-refractivity contribution in [2.24, 2.45) is 0 Å². The van der Waals surface area contributed by atoms with Crippen LogP contribution in [0.4, 0.5) is 0 Å². The molecule has 3 nitrogen and oxygen atoms in total. The lowest BCUT2D eigenvalue weighted by molar-refractivity contribution is 0.908. The van der Waals surface area contributed by atoms with Crippen molar-refractivity contribution in [3.8, 4) is 0 Å². The second-order valence-electron chi connectivity index (χ2n) is 2.32. The molecule has 0 saturated carbocycles. The van der Waals surface area contributed by atoms with Gasteiger partial charge in [-0.05, 0) is 18.9 Å². The van der Waals surface area contributed by atoms with Gasteiger partial charge >= 0.3 is 0 Å². The molecule has 11 heavy (non-hydrogen) atoms. The second kappa shape index (κ2) is 3.91. The van der Waals surface area contributed by atoms with E-state index in [0.29, 0.717) is 0 Å². The van der Waals surface area contributed by atoms with E-state index in [4.69, 9.17) is 0 Å². The Balaban J connectivity index is 2.76. The second-order valence-corrected chi connectivity index (χ2v) is 2.32. The van der Waals surface area contributed by atoms with Crippen LogP contribution in [0, 0.1) is 0 Å². The van der Waals surface area contributed by atoms with Crippen LogP contribution in [-0.4, -0.2) is 15.4 Å². The lowest BCUT2D eigenvalue weighted by atomic mass is 10.2. The maximum Gasteiger partial charge on any atom is 0.108 e. The van der Waals surface area contributed by atoms with Crippen molar-refractivity contribution in [1.29, 1.82) is 0 Å². The van der Waals surface area contributed by atoms with Gasteiger partial charge < -0.3 is 0 Å². The van der Waals surface area contributed by atoms with Crippen LogP contribution in [0.2, 0.25) is 0 Å². The highest BCUT2D eigenvalue weighted by Crippen LogP contribution is 2.03. The minimum atomic E-state index is 0.930. The zero-order valence-electron chi connectivity index (χ0n) is 6.96. The van der Waals surface area contributed by atoms with Crippen LogP contribution >= 0.6 is 0 Å². The maximum atomic E-state index is 4.00. The van der Waals surface area contributed by atoms with Gasteiger partial charge in [0.25, 0.3) is 0 Å². The fourth-order valence-electron chi connectivity index (χ4n) is 0.884. The molecule has 0 spiro atoms. The van der Waals surface area contributed by atoms with Gasteiger partial charge in [-0.2, -0.15) is 15.4 Å². The molecule has 0 saturated heterocycles. The summed E-state index contributed by atoms with van der Waals surface area (Å²) in [5, 5.41) is 10.6. The Morgan fingerprint density at radius 3 is 2.82 bits per heavy atom. The molecule has 1 rings (SSSR count). The standard InChI is InChI=1S/C8H13N3/c1-3-5-6-8-7(4-2)9-11-10-8/h5-6H,3-4H2,1-2H3,(H,9,10,11)/b6-5-. The number of H-pyrrole nitrogens is 1. The highest BCUT2D eigenvalue weighted by molar-refractivity contribution is 5.46. The molecule has 1 heterocycles. The minimum absolute atomic E-state index is 0.930. The van der Waals surface area contributed by atoms with Crippen LogP contribution in [0.3, 0.4) is 0 Å². The van der Waals surface area contributed by atoms with Crippen LogP contribution in [0.25, 0.3) is 6.08 Å².